The summed E-state index contributed by atoms with van der Waals surface area (Å²) in [4.78, 5) is 18.3. The molecule has 1 aromatic carbocycles. The molecule has 2 saturated heterocycles. The molecule has 3 heterocycles. The van der Waals surface area contributed by atoms with Gasteiger partial charge in [0.2, 0.25) is 0 Å². The number of carboxylic acid groups (broad SMARTS) is 1. The van der Waals surface area contributed by atoms with E-state index >= 15 is 0 Å². The Morgan fingerprint density at radius 1 is 1.29 bits per heavy atom. The molecule has 21 heavy (non-hydrogen) atoms. The Hall–Kier alpha value is -1.88. The first-order chi connectivity index (χ1) is 10.1. The Balaban J connectivity index is 1.81. The zero-order valence-electron chi connectivity index (χ0n) is 12.1. The Bertz CT molecular complexity index is 722. The SMILES string of the molecule is Cc1nc2cc(C(=O)O)ccc2n1C1CCN2CCCC12. The highest BCUT2D eigenvalue weighted by atomic mass is 16.4. The van der Waals surface area contributed by atoms with E-state index in [0.29, 0.717) is 17.6 Å². The lowest BCUT2D eigenvalue weighted by atomic mass is 10.1. The first-order valence-corrected chi connectivity index (χ1v) is 7.61. The Kier molecular flexibility index (Phi) is 2.79. The van der Waals surface area contributed by atoms with Gasteiger partial charge in [-0.2, -0.15) is 0 Å². The van der Waals surface area contributed by atoms with Gasteiger partial charge >= 0.3 is 5.97 Å². The van der Waals surface area contributed by atoms with Crippen LogP contribution in [-0.4, -0.2) is 44.7 Å². The second-order valence-corrected chi connectivity index (χ2v) is 6.14. The molecule has 2 aliphatic heterocycles. The van der Waals surface area contributed by atoms with Crippen LogP contribution in [0.4, 0.5) is 0 Å². The molecule has 1 N–H and O–H groups in total. The lowest BCUT2D eigenvalue weighted by Crippen LogP contribution is -2.27. The van der Waals surface area contributed by atoms with Crippen LogP contribution in [0.2, 0.25) is 0 Å². The van der Waals surface area contributed by atoms with Crippen LogP contribution in [0.5, 0.6) is 0 Å². The number of carbonyl (C=O) groups is 1. The summed E-state index contributed by atoms with van der Waals surface area (Å²) in [6.45, 7) is 4.41. The molecular weight excluding hydrogens is 266 g/mol. The molecular formula is C16H19N3O2. The molecule has 110 valence electrons. The van der Waals surface area contributed by atoms with E-state index in [1.807, 2.05) is 13.0 Å². The monoisotopic (exact) mass is 285 g/mol. The second kappa shape index (κ2) is 4.56. The van der Waals surface area contributed by atoms with Crippen molar-refractivity contribution in [2.75, 3.05) is 13.1 Å². The molecule has 0 aliphatic carbocycles. The van der Waals surface area contributed by atoms with Crippen LogP contribution in [0.25, 0.3) is 11.0 Å². The zero-order valence-corrected chi connectivity index (χ0v) is 12.1. The van der Waals surface area contributed by atoms with E-state index < -0.39 is 5.97 Å². The lowest BCUT2D eigenvalue weighted by Gasteiger charge is -2.23. The van der Waals surface area contributed by atoms with Crippen LogP contribution >= 0.6 is 0 Å². The van der Waals surface area contributed by atoms with Gasteiger partial charge < -0.3 is 9.67 Å². The number of aromatic nitrogens is 2. The molecule has 5 heteroatoms. The highest BCUT2D eigenvalue weighted by Crippen LogP contribution is 2.38. The van der Waals surface area contributed by atoms with Crippen LogP contribution in [0.3, 0.4) is 0 Å². The van der Waals surface area contributed by atoms with Gasteiger partial charge in [0.15, 0.2) is 0 Å². The van der Waals surface area contributed by atoms with E-state index in [1.165, 1.54) is 25.9 Å². The highest BCUT2D eigenvalue weighted by molar-refractivity contribution is 5.92. The summed E-state index contributed by atoms with van der Waals surface area (Å²) < 4.78 is 2.33. The number of nitrogens with zero attached hydrogens (tertiary/aromatic N) is 3. The molecule has 0 spiro atoms. The molecule has 2 aromatic rings. The highest BCUT2D eigenvalue weighted by Gasteiger charge is 2.39. The topological polar surface area (TPSA) is 58.4 Å². The average molecular weight is 285 g/mol. The van der Waals surface area contributed by atoms with Gasteiger partial charge in [0.05, 0.1) is 22.6 Å². The van der Waals surface area contributed by atoms with Crippen molar-refractivity contribution in [2.24, 2.45) is 0 Å². The lowest BCUT2D eigenvalue weighted by molar-refractivity contribution is 0.0697. The van der Waals surface area contributed by atoms with Crippen molar-refractivity contribution in [1.29, 1.82) is 0 Å². The summed E-state index contributed by atoms with van der Waals surface area (Å²) in [5.74, 6) is 0.0956. The van der Waals surface area contributed by atoms with E-state index in [4.69, 9.17) is 5.11 Å². The van der Waals surface area contributed by atoms with Crippen molar-refractivity contribution < 1.29 is 9.90 Å². The van der Waals surface area contributed by atoms with E-state index in [-0.39, 0.29) is 0 Å². The van der Waals surface area contributed by atoms with Gasteiger partial charge in [0.25, 0.3) is 0 Å². The van der Waals surface area contributed by atoms with Gasteiger partial charge in [-0.15, -0.1) is 0 Å². The summed E-state index contributed by atoms with van der Waals surface area (Å²) in [6, 6.07) is 6.39. The van der Waals surface area contributed by atoms with Crippen molar-refractivity contribution in [3.8, 4) is 0 Å². The van der Waals surface area contributed by atoms with Crippen LogP contribution < -0.4 is 0 Å². The summed E-state index contributed by atoms with van der Waals surface area (Å²) >= 11 is 0. The maximum Gasteiger partial charge on any atom is 0.335 e. The van der Waals surface area contributed by atoms with Gasteiger partial charge in [-0.25, -0.2) is 9.78 Å². The van der Waals surface area contributed by atoms with Crippen molar-refractivity contribution >= 4 is 17.0 Å². The fourth-order valence-electron chi connectivity index (χ4n) is 4.13. The maximum atomic E-state index is 11.1. The van der Waals surface area contributed by atoms with Gasteiger partial charge in [-0.3, -0.25) is 4.90 Å². The van der Waals surface area contributed by atoms with Gasteiger partial charge in [0.1, 0.15) is 5.82 Å². The molecule has 0 bridgehead atoms. The number of aryl methyl sites for hydroxylation is 1. The minimum atomic E-state index is -0.896. The normalized spacial score (nSPS) is 25.6. The Labute approximate surface area is 123 Å². The molecule has 1 aromatic heterocycles. The standard InChI is InChI=1S/C16H19N3O2/c1-10-17-12-9-11(16(20)21)4-5-13(12)19(10)15-6-8-18-7-2-3-14(15)18/h4-5,9,14-15H,2-3,6-8H2,1H3,(H,20,21). The van der Waals surface area contributed by atoms with Crippen molar-refractivity contribution in [2.45, 2.75) is 38.3 Å². The number of rotatable bonds is 2. The largest absolute Gasteiger partial charge is 0.478 e. The molecule has 4 rings (SSSR count). The fourth-order valence-corrected chi connectivity index (χ4v) is 4.13. The van der Waals surface area contributed by atoms with E-state index in [9.17, 15) is 4.79 Å². The molecule has 2 unspecified atom stereocenters. The van der Waals surface area contributed by atoms with Crippen molar-refractivity contribution in [1.82, 2.24) is 14.5 Å². The van der Waals surface area contributed by atoms with Crippen molar-refractivity contribution in [3.63, 3.8) is 0 Å². The van der Waals surface area contributed by atoms with Crippen LogP contribution in [-0.2, 0) is 0 Å². The summed E-state index contributed by atoms with van der Waals surface area (Å²) in [5.41, 5.74) is 2.17. The van der Waals surface area contributed by atoms with Gasteiger partial charge in [-0.05, 0) is 50.9 Å². The summed E-state index contributed by atoms with van der Waals surface area (Å²) in [7, 11) is 0. The first kappa shape index (κ1) is 12.8. The number of hydrogen-bond donors (Lipinski definition) is 1. The predicted molar refractivity (Wildman–Crippen MR) is 79.7 cm³/mol. The Morgan fingerprint density at radius 3 is 2.95 bits per heavy atom. The number of aromatic carboxylic acids is 1. The molecule has 0 radical (unpaired) electrons. The van der Waals surface area contributed by atoms with Crippen LogP contribution in [0.1, 0.15) is 41.5 Å². The molecule has 2 fully saturated rings. The third kappa shape index (κ3) is 1.87. The van der Waals surface area contributed by atoms with E-state index in [1.54, 1.807) is 12.1 Å². The number of carboxylic acids is 1. The Morgan fingerprint density at radius 2 is 2.14 bits per heavy atom. The number of benzene rings is 1. The summed E-state index contributed by atoms with van der Waals surface area (Å²) in [6.07, 6.45) is 3.71. The average Bonchev–Trinajstić information content (AvgIpc) is 3.11. The molecule has 2 aliphatic rings. The zero-order chi connectivity index (χ0) is 14.6. The quantitative estimate of drug-likeness (QED) is 0.921. The van der Waals surface area contributed by atoms with Crippen LogP contribution in [0, 0.1) is 6.92 Å². The number of imidazole rings is 1. The van der Waals surface area contributed by atoms with Crippen molar-refractivity contribution in [3.05, 3.63) is 29.6 Å². The molecule has 2 atom stereocenters. The minimum Gasteiger partial charge on any atom is -0.478 e. The van der Waals surface area contributed by atoms with Crippen LogP contribution in [0.15, 0.2) is 18.2 Å². The molecule has 0 amide bonds. The first-order valence-electron chi connectivity index (χ1n) is 7.61. The van der Waals surface area contributed by atoms with E-state index in [2.05, 4.69) is 14.5 Å². The molecule has 0 saturated carbocycles. The number of hydrogen-bond acceptors (Lipinski definition) is 3. The maximum absolute atomic E-state index is 11.1. The van der Waals surface area contributed by atoms with Gasteiger partial charge in [0, 0.05) is 12.6 Å². The number of fused-ring (bicyclic) bond motifs is 2. The molecule has 5 nitrogen and oxygen atoms in total. The van der Waals surface area contributed by atoms with E-state index in [0.717, 1.165) is 23.3 Å². The minimum absolute atomic E-state index is 0.307. The predicted octanol–water partition coefficient (Wildman–Crippen LogP) is 2.45. The third-order valence-electron chi connectivity index (χ3n) is 5.01. The third-order valence-corrected chi connectivity index (χ3v) is 5.01. The van der Waals surface area contributed by atoms with Gasteiger partial charge in [-0.1, -0.05) is 0 Å². The smallest absolute Gasteiger partial charge is 0.335 e. The summed E-state index contributed by atoms with van der Waals surface area (Å²) in [5, 5.41) is 9.11. The fraction of sp³-hybridized carbons (Fsp3) is 0.500. The second-order valence-electron chi connectivity index (χ2n) is 6.14.